The molecule has 5 heteroatoms. The van der Waals surface area contributed by atoms with Crippen LogP contribution in [0.2, 0.25) is 0 Å². The molecule has 0 aromatic rings. The number of carboxylic acids is 1. The summed E-state index contributed by atoms with van der Waals surface area (Å²) >= 11 is 0. The number of hydrogen-bond acceptors (Lipinski definition) is 3. The average molecular weight is 380 g/mol. The lowest BCUT2D eigenvalue weighted by Crippen LogP contribution is -2.55. The molecule has 1 N–H and O–H groups in total. The van der Waals surface area contributed by atoms with E-state index in [0.29, 0.717) is 6.42 Å². The number of unbranched alkanes of at least 4 members (excludes halogenated alkanes) is 9. The monoisotopic (exact) mass is 379 g/mol. The zero-order valence-corrected chi connectivity index (χ0v) is 17.2. The first-order chi connectivity index (χ1) is 13.0. The van der Waals surface area contributed by atoms with Crippen molar-refractivity contribution >= 4 is 17.8 Å². The van der Waals surface area contributed by atoms with Gasteiger partial charge in [0.05, 0.1) is 0 Å². The summed E-state index contributed by atoms with van der Waals surface area (Å²) in [7, 11) is 0. The fourth-order valence-electron chi connectivity index (χ4n) is 3.69. The molecule has 0 aromatic carbocycles. The number of imide groups is 1. The van der Waals surface area contributed by atoms with E-state index in [-0.39, 0.29) is 31.1 Å². The van der Waals surface area contributed by atoms with Crippen LogP contribution in [0.3, 0.4) is 0 Å². The first-order valence-electron chi connectivity index (χ1n) is 10.8. The number of allylic oxidation sites excluding steroid dienone is 1. The number of carbonyl (C=O) groups excluding carboxylic acids is 2. The number of carbonyl (C=O) groups is 3. The van der Waals surface area contributed by atoms with Gasteiger partial charge in [-0.05, 0) is 19.3 Å². The molecule has 0 saturated carbocycles. The summed E-state index contributed by atoms with van der Waals surface area (Å²) in [6.07, 6.45) is 16.0. The van der Waals surface area contributed by atoms with Crippen LogP contribution in [0.25, 0.3) is 0 Å². The average Bonchev–Trinajstić information content (AvgIpc) is 2.98. The molecule has 1 rings (SSSR count). The van der Waals surface area contributed by atoms with Crippen LogP contribution in [-0.4, -0.2) is 33.3 Å². The molecular weight excluding hydrogens is 342 g/mol. The van der Waals surface area contributed by atoms with Crippen molar-refractivity contribution in [3.8, 4) is 0 Å². The van der Waals surface area contributed by atoms with E-state index >= 15 is 0 Å². The molecule has 0 spiro atoms. The van der Waals surface area contributed by atoms with Crippen LogP contribution in [0.15, 0.2) is 12.2 Å². The molecule has 1 atom stereocenters. The lowest BCUT2D eigenvalue weighted by molar-refractivity contribution is -0.160. The molecule has 0 aromatic heterocycles. The predicted molar refractivity (Wildman–Crippen MR) is 107 cm³/mol. The summed E-state index contributed by atoms with van der Waals surface area (Å²) in [5, 5.41) is 9.89. The molecule has 1 aliphatic rings. The normalized spacial score (nSPS) is 17.0. The van der Waals surface area contributed by atoms with Crippen LogP contribution in [0.4, 0.5) is 0 Å². The second kappa shape index (κ2) is 12.7. The van der Waals surface area contributed by atoms with Crippen LogP contribution in [-0.2, 0) is 14.4 Å². The highest BCUT2D eigenvalue weighted by Crippen LogP contribution is 2.31. The van der Waals surface area contributed by atoms with E-state index in [1.165, 1.54) is 38.5 Å². The largest absolute Gasteiger partial charge is 0.479 e. The fourth-order valence-corrected chi connectivity index (χ4v) is 3.69. The van der Waals surface area contributed by atoms with Crippen molar-refractivity contribution in [1.29, 1.82) is 0 Å². The van der Waals surface area contributed by atoms with Crippen molar-refractivity contribution in [2.75, 3.05) is 0 Å². The standard InChI is InChI=1S/C22H37NO4/c1-3-5-7-8-9-10-11-12-13-14-18-22(21(26)27,17-6-4-2)23-19(24)15-16-20(23)25/h14,18H,3-13,15-17H2,1-2H3,(H,26,27)/b18-14+. The maximum atomic E-state index is 12.2. The van der Waals surface area contributed by atoms with E-state index in [0.717, 1.165) is 30.6 Å². The topological polar surface area (TPSA) is 74.7 Å². The number of likely N-dealkylation sites (tertiary alicyclic amines) is 1. The Hall–Kier alpha value is -1.65. The summed E-state index contributed by atoms with van der Waals surface area (Å²) in [5.74, 6) is -1.84. The Morgan fingerprint density at radius 1 is 0.926 bits per heavy atom. The molecule has 5 nitrogen and oxygen atoms in total. The highest BCUT2D eigenvalue weighted by Gasteiger charge is 2.49. The van der Waals surface area contributed by atoms with Crippen LogP contribution in [0.1, 0.15) is 104 Å². The van der Waals surface area contributed by atoms with Gasteiger partial charge in [-0.15, -0.1) is 0 Å². The zero-order chi connectivity index (χ0) is 20.1. The van der Waals surface area contributed by atoms with E-state index in [2.05, 4.69) is 6.92 Å². The van der Waals surface area contributed by atoms with E-state index in [9.17, 15) is 19.5 Å². The Kier molecular flexibility index (Phi) is 11.0. The zero-order valence-electron chi connectivity index (χ0n) is 17.2. The van der Waals surface area contributed by atoms with Gasteiger partial charge in [-0.1, -0.05) is 83.8 Å². The quantitative estimate of drug-likeness (QED) is 0.240. The maximum Gasteiger partial charge on any atom is 0.334 e. The highest BCUT2D eigenvalue weighted by atomic mass is 16.4. The van der Waals surface area contributed by atoms with Gasteiger partial charge in [0.2, 0.25) is 11.8 Å². The Balaban J connectivity index is 2.61. The summed E-state index contributed by atoms with van der Waals surface area (Å²) in [6, 6.07) is 0. The van der Waals surface area contributed by atoms with Gasteiger partial charge < -0.3 is 5.11 Å². The molecular formula is C22H37NO4. The van der Waals surface area contributed by atoms with E-state index < -0.39 is 11.5 Å². The van der Waals surface area contributed by atoms with Gasteiger partial charge in [0.1, 0.15) is 0 Å². The lowest BCUT2D eigenvalue weighted by Gasteiger charge is -2.34. The van der Waals surface area contributed by atoms with Crippen LogP contribution in [0.5, 0.6) is 0 Å². The molecule has 0 radical (unpaired) electrons. The van der Waals surface area contributed by atoms with Gasteiger partial charge in [0.25, 0.3) is 0 Å². The second-order valence-electron chi connectivity index (χ2n) is 7.62. The minimum absolute atomic E-state index is 0.117. The smallest absolute Gasteiger partial charge is 0.334 e. The highest BCUT2D eigenvalue weighted by molar-refractivity contribution is 6.07. The van der Waals surface area contributed by atoms with Crippen molar-refractivity contribution in [2.24, 2.45) is 0 Å². The summed E-state index contributed by atoms with van der Waals surface area (Å²) in [5.41, 5.74) is -1.51. The van der Waals surface area contributed by atoms with Gasteiger partial charge in [-0.2, -0.15) is 0 Å². The number of amides is 2. The Labute approximate surface area is 164 Å². The molecule has 2 amide bonds. The van der Waals surface area contributed by atoms with Gasteiger partial charge in [-0.25, -0.2) is 4.79 Å². The number of rotatable bonds is 15. The third kappa shape index (κ3) is 7.11. The van der Waals surface area contributed by atoms with Crippen LogP contribution in [0, 0.1) is 0 Å². The van der Waals surface area contributed by atoms with Crippen molar-refractivity contribution < 1.29 is 19.5 Å². The number of nitrogens with zero attached hydrogens (tertiary/aromatic N) is 1. The van der Waals surface area contributed by atoms with Crippen molar-refractivity contribution in [1.82, 2.24) is 4.90 Å². The molecule has 1 aliphatic heterocycles. The van der Waals surface area contributed by atoms with E-state index in [1.807, 2.05) is 13.0 Å². The third-order valence-corrected chi connectivity index (χ3v) is 5.35. The van der Waals surface area contributed by atoms with Crippen molar-refractivity contribution in [3.63, 3.8) is 0 Å². The maximum absolute atomic E-state index is 12.2. The summed E-state index contributed by atoms with van der Waals surface area (Å²) in [4.78, 5) is 37.5. The summed E-state index contributed by atoms with van der Waals surface area (Å²) < 4.78 is 0. The van der Waals surface area contributed by atoms with Crippen LogP contribution < -0.4 is 0 Å². The molecule has 0 bridgehead atoms. The Bertz CT molecular complexity index is 498. The van der Waals surface area contributed by atoms with Crippen molar-refractivity contribution in [2.45, 2.75) is 109 Å². The van der Waals surface area contributed by atoms with Gasteiger partial charge >= 0.3 is 5.97 Å². The Morgan fingerprint density at radius 3 is 1.96 bits per heavy atom. The SMILES string of the molecule is CCCCCCCCCC/C=C/C(CCCC)(C(=O)O)N1C(=O)CCC1=O. The molecule has 1 unspecified atom stereocenters. The van der Waals surface area contributed by atoms with E-state index in [4.69, 9.17) is 0 Å². The summed E-state index contributed by atoms with van der Waals surface area (Å²) in [6.45, 7) is 4.19. The van der Waals surface area contributed by atoms with Gasteiger partial charge in [0.15, 0.2) is 5.54 Å². The number of aliphatic carboxylic acids is 1. The van der Waals surface area contributed by atoms with Crippen LogP contribution >= 0.6 is 0 Å². The molecule has 27 heavy (non-hydrogen) atoms. The molecule has 1 heterocycles. The van der Waals surface area contributed by atoms with E-state index in [1.54, 1.807) is 6.08 Å². The van der Waals surface area contributed by atoms with Gasteiger partial charge in [0, 0.05) is 12.8 Å². The molecule has 1 fully saturated rings. The number of carboxylic acid groups (broad SMARTS) is 1. The minimum Gasteiger partial charge on any atom is -0.479 e. The van der Waals surface area contributed by atoms with Gasteiger partial charge in [-0.3, -0.25) is 14.5 Å². The molecule has 0 aliphatic carbocycles. The molecule has 1 saturated heterocycles. The third-order valence-electron chi connectivity index (χ3n) is 5.35. The first kappa shape index (κ1) is 23.4. The Morgan fingerprint density at radius 2 is 1.44 bits per heavy atom. The number of hydrogen-bond donors (Lipinski definition) is 1. The predicted octanol–water partition coefficient (Wildman–Crippen LogP) is 5.24. The molecule has 154 valence electrons. The van der Waals surface area contributed by atoms with Crippen molar-refractivity contribution in [3.05, 3.63) is 12.2 Å². The second-order valence-corrected chi connectivity index (χ2v) is 7.62. The lowest BCUT2D eigenvalue weighted by atomic mass is 9.89. The minimum atomic E-state index is -1.51. The first-order valence-corrected chi connectivity index (χ1v) is 10.8. The fraction of sp³-hybridized carbons (Fsp3) is 0.773.